The Kier molecular flexibility index (Phi) is 14.2. The van der Waals surface area contributed by atoms with Gasteiger partial charge in [-0.3, -0.25) is 9.18 Å². The van der Waals surface area contributed by atoms with Gasteiger partial charge in [-0.25, -0.2) is 9.40 Å². The molecule has 4 aliphatic carbocycles. The van der Waals surface area contributed by atoms with Gasteiger partial charge >= 0.3 is 0 Å². The number of carbonyl (C=O) groups excluding carboxylic acids is 1. The van der Waals surface area contributed by atoms with E-state index < -0.39 is 6.67 Å². The van der Waals surface area contributed by atoms with Crippen molar-refractivity contribution in [1.82, 2.24) is 16.0 Å². The summed E-state index contributed by atoms with van der Waals surface area (Å²) >= 11 is 0. The molecule has 0 heterocycles. The minimum Gasteiger partial charge on any atom is -0.384 e. The highest BCUT2D eigenvalue weighted by molar-refractivity contribution is 5.83. The molecule has 8 atom stereocenters. The van der Waals surface area contributed by atoms with Gasteiger partial charge in [0.25, 0.3) is 0 Å². The number of hydrogen-bond donors (Lipinski definition) is 2. The first-order valence-electron chi connectivity index (χ1n) is 15.5. The minimum absolute atomic E-state index is 0. The van der Waals surface area contributed by atoms with E-state index in [1.54, 1.807) is 18.2 Å². The molecule has 0 aromatic rings. The number of likely N-dealkylation sites (N-methyl/N-ethyl adjacent to an activating group) is 1. The number of Topliss-reactive ketones (excluding diaryl/α,β-unsaturated/α-hetero) is 1. The molecule has 0 bridgehead atoms. The van der Waals surface area contributed by atoms with E-state index in [0.717, 1.165) is 43.1 Å². The summed E-state index contributed by atoms with van der Waals surface area (Å²) in [6.07, 6.45) is 19.1. The molecule has 8 unspecified atom stereocenters. The van der Waals surface area contributed by atoms with Gasteiger partial charge in [-0.05, 0) is 104 Å². The standard InChI is InChI=1S/C32H52FN3O2.CH3F.CH4/c1-6-9-25(10-8-19-33)34-35-36(4)21-30(37)29-12-7-11-27-26-14-13-24-20-23(2)15-18-32(24,22-38-5)28(26)16-17-31(27,29)3;1-2;/h6,8-10,23-24,26-29,34-35H,1,7,11-22H2,2-5H3;1H3;1H4/b10-8-,25-9+;;. The van der Waals surface area contributed by atoms with Crippen molar-refractivity contribution in [3.8, 4) is 0 Å². The molecule has 2 N–H and O–H groups in total. The third-order valence-electron chi connectivity index (χ3n) is 11.1. The number of methoxy groups -OCH3 is 1. The fourth-order valence-electron chi connectivity index (χ4n) is 9.52. The topological polar surface area (TPSA) is 53.6 Å². The molecule has 0 radical (unpaired) electrons. The third-order valence-corrected chi connectivity index (χ3v) is 11.1. The zero-order chi connectivity index (χ0) is 29.3. The summed E-state index contributed by atoms with van der Waals surface area (Å²) in [6, 6.07) is 0. The molecular weight excluding hydrogens is 520 g/mol. The van der Waals surface area contributed by atoms with Crippen LogP contribution in [-0.2, 0) is 9.53 Å². The first kappa shape index (κ1) is 35.6. The van der Waals surface area contributed by atoms with Crippen LogP contribution in [0.2, 0.25) is 0 Å². The van der Waals surface area contributed by atoms with Gasteiger partial charge < -0.3 is 10.2 Å². The van der Waals surface area contributed by atoms with E-state index in [2.05, 4.69) is 31.4 Å². The first-order valence-corrected chi connectivity index (χ1v) is 15.5. The van der Waals surface area contributed by atoms with Crippen molar-refractivity contribution in [3.63, 3.8) is 0 Å². The highest BCUT2D eigenvalue weighted by Gasteiger charge is 2.61. The lowest BCUT2D eigenvalue weighted by Crippen LogP contribution is -2.59. The number of carbonyl (C=O) groups is 1. The fraction of sp³-hybridized carbons (Fsp3) is 0.794. The minimum atomic E-state index is -0.528. The second-order valence-electron chi connectivity index (χ2n) is 13.2. The number of halogens is 2. The van der Waals surface area contributed by atoms with E-state index >= 15 is 0 Å². The molecule has 0 aliphatic heterocycles. The molecule has 5 nitrogen and oxygen atoms in total. The van der Waals surface area contributed by atoms with Crippen molar-refractivity contribution in [3.05, 3.63) is 36.6 Å². The number of hydrazine groups is 2. The number of rotatable bonds is 11. The number of hydrogen-bond acceptors (Lipinski definition) is 5. The predicted octanol–water partition coefficient (Wildman–Crippen LogP) is 7.63. The largest absolute Gasteiger partial charge is 0.384 e. The Morgan fingerprint density at radius 2 is 1.88 bits per heavy atom. The zero-order valence-corrected chi connectivity index (χ0v) is 25.7. The lowest BCUT2D eigenvalue weighted by Gasteiger charge is -2.64. The first-order chi connectivity index (χ1) is 19.3. The smallest absolute Gasteiger partial charge is 0.151 e. The van der Waals surface area contributed by atoms with Crippen LogP contribution in [0, 0.1) is 46.3 Å². The summed E-state index contributed by atoms with van der Waals surface area (Å²) < 4.78 is 28.0. The Balaban J connectivity index is 0.00000192. The monoisotopic (exact) mass is 579 g/mol. The maximum atomic E-state index is 13.8. The number of ether oxygens (including phenoxy) is 1. The SMILES string of the molecule is C.C=C/C=C(\C=C/CF)NNN(C)CC(=O)C1CCCC2C3CCC4CC(C)CCC4(COC)C3CCC12C.CF. The van der Waals surface area contributed by atoms with Crippen LogP contribution in [0.25, 0.3) is 0 Å². The Labute approximate surface area is 249 Å². The molecule has 0 saturated heterocycles. The van der Waals surface area contributed by atoms with Gasteiger partial charge in [-0.15, -0.1) is 0 Å². The molecule has 0 aromatic carbocycles. The second-order valence-corrected chi connectivity index (χ2v) is 13.2. The maximum Gasteiger partial charge on any atom is 0.151 e. The number of nitrogens with one attached hydrogen (secondary N) is 2. The van der Waals surface area contributed by atoms with Gasteiger partial charge in [0.1, 0.15) is 6.67 Å². The summed E-state index contributed by atoms with van der Waals surface area (Å²) in [5.41, 5.74) is 7.28. The third kappa shape index (κ3) is 7.69. The fourth-order valence-corrected chi connectivity index (χ4v) is 9.52. The van der Waals surface area contributed by atoms with E-state index in [4.69, 9.17) is 4.74 Å². The number of allylic oxidation sites excluding steroid dienone is 4. The average molecular weight is 580 g/mol. The highest BCUT2D eigenvalue weighted by atomic mass is 19.1. The number of fused-ring (bicyclic) bond motifs is 5. The Morgan fingerprint density at radius 3 is 2.56 bits per heavy atom. The molecule has 0 aromatic heterocycles. The molecule has 0 spiro atoms. The summed E-state index contributed by atoms with van der Waals surface area (Å²) in [4.78, 5) is 13.8. The average Bonchev–Trinajstić information content (AvgIpc) is 2.95. The van der Waals surface area contributed by atoms with Crippen LogP contribution in [0.4, 0.5) is 8.78 Å². The lowest BCUT2D eigenvalue weighted by atomic mass is 9.41. The predicted molar refractivity (Wildman–Crippen MR) is 166 cm³/mol. The van der Waals surface area contributed by atoms with Crippen molar-refractivity contribution in [1.29, 1.82) is 0 Å². The molecule has 4 fully saturated rings. The molecular formula is C34H59F2N3O2. The van der Waals surface area contributed by atoms with Crippen LogP contribution in [-0.4, -0.2) is 52.0 Å². The van der Waals surface area contributed by atoms with Crippen molar-refractivity contribution < 1.29 is 18.3 Å². The number of ketones is 1. The van der Waals surface area contributed by atoms with Crippen molar-refractivity contribution in [2.45, 2.75) is 85.5 Å². The number of nitrogens with zero attached hydrogens (tertiary/aromatic N) is 1. The lowest BCUT2D eigenvalue weighted by molar-refractivity contribution is -0.173. The van der Waals surface area contributed by atoms with Crippen molar-refractivity contribution in [2.24, 2.45) is 46.3 Å². The Morgan fingerprint density at radius 1 is 1.12 bits per heavy atom. The summed E-state index contributed by atoms with van der Waals surface area (Å²) in [7, 11) is 4.29. The molecule has 7 heteroatoms. The van der Waals surface area contributed by atoms with Gasteiger partial charge in [0, 0.05) is 25.8 Å². The van der Waals surface area contributed by atoms with Gasteiger partial charge in [-0.2, -0.15) is 5.53 Å². The van der Waals surface area contributed by atoms with Crippen molar-refractivity contribution in [2.75, 3.05) is 41.2 Å². The van der Waals surface area contributed by atoms with E-state index in [1.165, 1.54) is 57.4 Å². The zero-order valence-electron chi connectivity index (χ0n) is 25.7. The highest BCUT2D eigenvalue weighted by Crippen LogP contribution is 2.67. The molecule has 4 rings (SSSR count). The van der Waals surface area contributed by atoms with Crippen molar-refractivity contribution >= 4 is 5.78 Å². The van der Waals surface area contributed by atoms with Crippen LogP contribution >= 0.6 is 0 Å². The van der Waals surface area contributed by atoms with E-state index in [-0.39, 0.29) is 18.8 Å². The van der Waals surface area contributed by atoms with Crippen LogP contribution in [0.3, 0.4) is 0 Å². The summed E-state index contributed by atoms with van der Waals surface area (Å²) in [5.74, 6) is 4.23. The molecule has 4 saturated carbocycles. The van der Waals surface area contributed by atoms with Crippen LogP contribution in [0.5, 0.6) is 0 Å². The molecule has 236 valence electrons. The number of alkyl halides is 2. The normalized spacial score (nSPS) is 36.6. The van der Waals surface area contributed by atoms with E-state index in [0.29, 0.717) is 36.5 Å². The van der Waals surface area contributed by atoms with Gasteiger partial charge in [0.15, 0.2) is 5.78 Å². The van der Waals surface area contributed by atoms with Gasteiger partial charge in [-0.1, -0.05) is 52.8 Å². The van der Waals surface area contributed by atoms with Gasteiger partial charge in [0.2, 0.25) is 0 Å². The van der Waals surface area contributed by atoms with Crippen LogP contribution in [0.1, 0.15) is 85.5 Å². The second kappa shape index (κ2) is 16.3. The Bertz CT molecular complexity index is 895. The molecule has 41 heavy (non-hydrogen) atoms. The Hall–Kier alpha value is -1.57. The summed E-state index contributed by atoms with van der Waals surface area (Å²) in [6.45, 7) is 9.34. The van der Waals surface area contributed by atoms with E-state index in [1.807, 2.05) is 19.2 Å². The van der Waals surface area contributed by atoms with Crippen LogP contribution in [0.15, 0.2) is 36.6 Å². The molecule has 4 aliphatic rings. The molecule has 0 amide bonds. The van der Waals surface area contributed by atoms with Crippen LogP contribution < -0.4 is 11.0 Å². The van der Waals surface area contributed by atoms with Gasteiger partial charge in [0.05, 0.1) is 20.3 Å². The maximum absolute atomic E-state index is 13.8. The van der Waals surface area contributed by atoms with E-state index in [9.17, 15) is 13.6 Å². The summed E-state index contributed by atoms with van der Waals surface area (Å²) in [5, 5.41) is 1.81. The quantitative estimate of drug-likeness (QED) is 0.195.